The molecule has 0 aliphatic rings. The zero-order valence-electron chi connectivity index (χ0n) is 11.6. The molecule has 2 rings (SSSR count). The average Bonchev–Trinajstić information content (AvgIpc) is 2.80. The standard InChI is InChI=1S/C15H20N2OS/c1-11(2)16-8-13-5-4-6-14(7-13)18-10-15-9-17-12(3)19-15/h4-7,9,11,16H,8,10H2,1-3H3. The summed E-state index contributed by atoms with van der Waals surface area (Å²) in [6, 6.07) is 8.71. The van der Waals surface area contributed by atoms with E-state index in [1.165, 1.54) is 5.56 Å². The third kappa shape index (κ3) is 4.65. The number of benzene rings is 1. The van der Waals surface area contributed by atoms with Gasteiger partial charge >= 0.3 is 0 Å². The smallest absolute Gasteiger partial charge is 0.124 e. The molecule has 4 heteroatoms. The van der Waals surface area contributed by atoms with Crippen LogP contribution in [0, 0.1) is 6.92 Å². The molecule has 19 heavy (non-hydrogen) atoms. The molecule has 0 spiro atoms. The van der Waals surface area contributed by atoms with Crippen molar-refractivity contribution in [1.29, 1.82) is 0 Å². The molecule has 1 aromatic carbocycles. The van der Waals surface area contributed by atoms with Crippen molar-refractivity contribution in [2.45, 2.75) is 40.0 Å². The van der Waals surface area contributed by atoms with Crippen molar-refractivity contribution in [3.63, 3.8) is 0 Å². The molecule has 0 radical (unpaired) electrons. The Labute approximate surface area is 118 Å². The summed E-state index contributed by atoms with van der Waals surface area (Å²) in [7, 11) is 0. The second-order valence-electron chi connectivity index (χ2n) is 4.82. The van der Waals surface area contributed by atoms with Crippen molar-refractivity contribution in [1.82, 2.24) is 10.3 Å². The van der Waals surface area contributed by atoms with Crippen LogP contribution in [0.25, 0.3) is 0 Å². The lowest BCUT2D eigenvalue weighted by Gasteiger charge is -2.10. The molecule has 0 unspecified atom stereocenters. The van der Waals surface area contributed by atoms with E-state index in [2.05, 4.69) is 36.3 Å². The predicted octanol–water partition coefficient (Wildman–Crippen LogP) is 3.53. The van der Waals surface area contributed by atoms with E-state index < -0.39 is 0 Å². The maximum absolute atomic E-state index is 5.80. The lowest BCUT2D eigenvalue weighted by atomic mass is 10.2. The molecule has 102 valence electrons. The zero-order chi connectivity index (χ0) is 13.7. The van der Waals surface area contributed by atoms with E-state index in [1.54, 1.807) is 11.3 Å². The molecule has 1 aromatic heterocycles. The van der Waals surface area contributed by atoms with E-state index >= 15 is 0 Å². The average molecular weight is 276 g/mol. The van der Waals surface area contributed by atoms with Gasteiger partial charge in [0.2, 0.25) is 0 Å². The Balaban J connectivity index is 1.91. The maximum Gasteiger partial charge on any atom is 0.124 e. The van der Waals surface area contributed by atoms with Crippen LogP contribution in [-0.4, -0.2) is 11.0 Å². The zero-order valence-corrected chi connectivity index (χ0v) is 12.5. The largest absolute Gasteiger partial charge is 0.488 e. The van der Waals surface area contributed by atoms with E-state index in [0.717, 1.165) is 22.2 Å². The number of nitrogens with one attached hydrogen (secondary N) is 1. The molecule has 1 heterocycles. The van der Waals surface area contributed by atoms with Crippen molar-refractivity contribution >= 4 is 11.3 Å². The Morgan fingerprint density at radius 3 is 2.89 bits per heavy atom. The quantitative estimate of drug-likeness (QED) is 0.876. The first-order valence-electron chi connectivity index (χ1n) is 6.50. The molecule has 0 aliphatic carbocycles. The van der Waals surface area contributed by atoms with Crippen molar-refractivity contribution < 1.29 is 4.74 Å². The molecule has 0 amide bonds. The topological polar surface area (TPSA) is 34.1 Å². The van der Waals surface area contributed by atoms with E-state index in [4.69, 9.17) is 4.74 Å². The number of hydrogen-bond donors (Lipinski definition) is 1. The number of ether oxygens (including phenoxy) is 1. The molecule has 0 saturated carbocycles. The van der Waals surface area contributed by atoms with Gasteiger partial charge in [0, 0.05) is 18.8 Å². The van der Waals surface area contributed by atoms with Crippen LogP contribution in [-0.2, 0) is 13.2 Å². The minimum absolute atomic E-state index is 0.491. The van der Waals surface area contributed by atoms with Crippen LogP contribution >= 0.6 is 11.3 Å². The van der Waals surface area contributed by atoms with Gasteiger partial charge in [-0.2, -0.15) is 0 Å². The lowest BCUT2D eigenvalue weighted by molar-refractivity contribution is 0.309. The van der Waals surface area contributed by atoms with Crippen LogP contribution in [0.3, 0.4) is 0 Å². The second-order valence-corrected chi connectivity index (χ2v) is 6.14. The summed E-state index contributed by atoms with van der Waals surface area (Å²) in [6.07, 6.45) is 1.88. The molecule has 0 aliphatic heterocycles. The van der Waals surface area contributed by atoms with Crippen molar-refractivity contribution in [2.24, 2.45) is 0 Å². The number of aryl methyl sites for hydroxylation is 1. The highest BCUT2D eigenvalue weighted by Gasteiger charge is 2.01. The lowest BCUT2D eigenvalue weighted by Crippen LogP contribution is -2.21. The number of nitrogens with zero attached hydrogens (tertiary/aromatic N) is 1. The SMILES string of the molecule is Cc1ncc(COc2cccc(CNC(C)C)c2)s1. The number of rotatable bonds is 6. The fourth-order valence-corrected chi connectivity index (χ4v) is 2.40. The summed E-state index contributed by atoms with van der Waals surface area (Å²) in [5.41, 5.74) is 1.24. The number of thiazole rings is 1. The van der Waals surface area contributed by atoms with Crippen LogP contribution in [0.2, 0.25) is 0 Å². The monoisotopic (exact) mass is 276 g/mol. The highest BCUT2D eigenvalue weighted by atomic mass is 32.1. The van der Waals surface area contributed by atoms with Crippen molar-refractivity contribution in [3.8, 4) is 5.75 Å². The first kappa shape index (κ1) is 14.0. The third-order valence-electron chi connectivity index (χ3n) is 2.66. The minimum Gasteiger partial charge on any atom is -0.488 e. The van der Waals surface area contributed by atoms with Gasteiger partial charge in [0.05, 0.1) is 9.88 Å². The fraction of sp³-hybridized carbons (Fsp3) is 0.400. The van der Waals surface area contributed by atoms with Gasteiger partial charge in [-0.25, -0.2) is 4.98 Å². The number of aromatic nitrogens is 1. The fourth-order valence-electron chi connectivity index (χ4n) is 1.69. The Bertz CT molecular complexity index is 522. The molecular weight excluding hydrogens is 256 g/mol. The Hall–Kier alpha value is -1.39. The number of hydrogen-bond acceptors (Lipinski definition) is 4. The Kier molecular flexibility index (Phi) is 4.93. The molecule has 1 N–H and O–H groups in total. The summed E-state index contributed by atoms with van der Waals surface area (Å²) in [5, 5.41) is 4.48. The van der Waals surface area contributed by atoms with E-state index in [1.807, 2.05) is 25.3 Å². The summed E-state index contributed by atoms with van der Waals surface area (Å²) < 4.78 is 5.80. The van der Waals surface area contributed by atoms with Crippen LogP contribution in [0.15, 0.2) is 30.5 Å². The van der Waals surface area contributed by atoms with Gasteiger partial charge in [0.1, 0.15) is 12.4 Å². The van der Waals surface area contributed by atoms with E-state index in [9.17, 15) is 0 Å². The highest BCUT2D eigenvalue weighted by Crippen LogP contribution is 2.18. The van der Waals surface area contributed by atoms with Crippen molar-refractivity contribution in [3.05, 3.63) is 45.9 Å². The first-order chi connectivity index (χ1) is 9.13. The van der Waals surface area contributed by atoms with Crippen LogP contribution in [0.1, 0.15) is 29.3 Å². The molecule has 0 bridgehead atoms. The van der Waals surface area contributed by atoms with Gasteiger partial charge in [-0.3, -0.25) is 0 Å². The Morgan fingerprint density at radius 1 is 1.37 bits per heavy atom. The van der Waals surface area contributed by atoms with Gasteiger partial charge in [0.15, 0.2) is 0 Å². The van der Waals surface area contributed by atoms with E-state index in [0.29, 0.717) is 12.6 Å². The molecular formula is C15H20N2OS. The third-order valence-corrected chi connectivity index (χ3v) is 3.55. The van der Waals surface area contributed by atoms with Gasteiger partial charge in [-0.05, 0) is 24.6 Å². The molecule has 3 nitrogen and oxygen atoms in total. The van der Waals surface area contributed by atoms with Gasteiger partial charge in [-0.15, -0.1) is 11.3 Å². The van der Waals surface area contributed by atoms with Gasteiger partial charge in [-0.1, -0.05) is 26.0 Å². The normalized spacial score (nSPS) is 10.9. The Morgan fingerprint density at radius 2 is 2.21 bits per heavy atom. The minimum atomic E-state index is 0.491. The maximum atomic E-state index is 5.80. The summed E-state index contributed by atoms with van der Waals surface area (Å²) in [6.45, 7) is 7.76. The molecule has 0 fully saturated rings. The highest BCUT2D eigenvalue weighted by molar-refractivity contribution is 7.11. The molecule has 0 saturated heterocycles. The summed E-state index contributed by atoms with van der Waals surface area (Å²) in [5.74, 6) is 0.911. The molecule has 2 aromatic rings. The van der Waals surface area contributed by atoms with E-state index in [-0.39, 0.29) is 0 Å². The first-order valence-corrected chi connectivity index (χ1v) is 7.31. The van der Waals surface area contributed by atoms with Crippen LogP contribution < -0.4 is 10.1 Å². The predicted molar refractivity (Wildman–Crippen MR) is 79.6 cm³/mol. The van der Waals surface area contributed by atoms with Gasteiger partial charge < -0.3 is 10.1 Å². The molecule has 0 atom stereocenters. The second kappa shape index (κ2) is 6.68. The van der Waals surface area contributed by atoms with Gasteiger partial charge in [0.25, 0.3) is 0 Å². The van der Waals surface area contributed by atoms with Crippen molar-refractivity contribution in [2.75, 3.05) is 0 Å². The van der Waals surface area contributed by atoms with Crippen LogP contribution in [0.5, 0.6) is 5.75 Å². The summed E-state index contributed by atoms with van der Waals surface area (Å²) >= 11 is 1.68. The van der Waals surface area contributed by atoms with Crippen LogP contribution in [0.4, 0.5) is 0 Å². The summed E-state index contributed by atoms with van der Waals surface area (Å²) in [4.78, 5) is 5.38.